The van der Waals surface area contributed by atoms with Gasteiger partial charge in [-0.25, -0.2) is 0 Å². The van der Waals surface area contributed by atoms with Gasteiger partial charge >= 0.3 is 5.97 Å². The number of hydrogen-bond acceptors (Lipinski definition) is 2. The van der Waals surface area contributed by atoms with Crippen LogP contribution in [0.2, 0.25) is 0 Å². The molecule has 2 rings (SSSR count). The first-order chi connectivity index (χ1) is 9.34. The van der Waals surface area contributed by atoms with Gasteiger partial charge in [-0.05, 0) is 24.3 Å². The predicted octanol–water partition coefficient (Wildman–Crippen LogP) is 2.09. The first-order valence-electron chi connectivity index (χ1n) is 6.91. The normalized spacial score (nSPS) is 24.8. The van der Waals surface area contributed by atoms with Gasteiger partial charge < -0.3 is 10.4 Å². The molecule has 4 nitrogen and oxygen atoms in total. The second-order valence-electron chi connectivity index (χ2n) is 6.21. The summed E-state index contributed by atoms with van der Waals surface area (Å²) in [5.41, 5.74) is 0.715. The van der Waals surface area contributed by atoms with Crippen LogP contribution in [-0.2, 0) is 16.0 Å². The zero-order chi connectivity index (χ0) is 14.9. The fourth-order valence-electron chi connectivity index (χ4n) is 2.94. The van der Waals surface area contributed by atoms with Crippen LogP contribution in [0, 0.1) is 17.3 Å². The Labute approximate surface area is 119 Å². The molecule has 0 bridgehead atoms. The van der Waals surface area contributed by atoms with Crippen molar-refractivity contribution in [3.63, 3.8) is 0 Å². The summed E-state index contributed by atoms with van der Waals surface area (Å²) < 4.78 is 0. The van der Waals surface area contributed by atoms with Crippen LogP contribution in [0.4, 0.5) is 0 Å². The Morgan fingerprint density at radius 2 is 1.85 bits per heavy atom. The van der Waals surface area contributed by atoms with Gasteiger partial charge in [0.2, 0.25) is 5.91 Å². The third kappa shape index (κ3) is 2.84. The van der Waals surface area contributed by atoms with E-state index in [0.717, 1.165) is 12.0 Å². The Kier molecular flexibility index (Phi) is 3.84. The number of carboxylic acid groups (broad SMARTS) is 1. The molecule has 0 heterocycles. The predicted molar refractivity (Wildman–Crippen MR) is 76.1 cm³/mol. The second-order valence-corrected chi connectivity index (χ2v) is 6.21. The maximum atomic E-state index is 12.2. The van der Waals surface area contributed by atoms with Crippen LogP contribution in [0.25, 0.3) is 0 Å². The van der Waals surface area contributed by atoms with Crippen molar-refractivity contribution < 1.29 is 14.7 Å². The number of benzene rings is 1. The number of carbonyl (C=O) groups is 2. The second kappa shape index (κ2) is 5.27. The molecule has 0 spiro atoms. The number of carbonyl (C=O) groups excluding carboxylic acids is 1. The van der Waals surface area contributed by atoms with Crippen molar-refractivity contribution in [3.8, 4) is 0 Å². The molecule has 0 saturated heterocycles. The quantitative estimate of drug-likeness (QED) is 0.864. The summed E-state index contributed by atoms with van der Waals surface area (Å²) in [4.78, 5) is 23.3. The van der Waals surface area contributed by atoms with Gasteiger partial charge in [0.1, 0.15) is 0 Å². The molecule has 1 aliphatic carbocycles. The van der Waals surface area contributed by atoms with Crippen LogP contribution in [-0.4, -0.2) is 23.0 Å². The van der Waals surface area contributed by atoms with E-state index in [4.69, 9.17) is 5.11 Å². The van der Waals surface area contributed by atoms with Crippen LogP contribution in [0.5, 0.6) is 0 Å². The minimum atomic E-state index is -0.883. The zero-order valence-electron chi connectivity index (χ0n) is 12.1. The van der Waals surface area contributed by atoms with Gasteiger partial charge in [0.05, 0.1) is 11.8 Å². The molecule has 1 unspecified atom stereocenters. The fraction of sp³-hybridized carbons (Fsp3) is 0.500. The number of carboxylic acids is 1. The van der Waals surface area contributed by atoms with Crippen molar-refractivity contribution >= 4 is 11.9 Å². The van der Waals surface area contributed by atoms with Crippen molar-refractivity contribution in [1.29, 1.82) is 0 Å². The topological polar surface area (TPSA) is 66.4 Å². The van der Waals surface area contributed by atoms with E-state index in [-0.39, 0.29) is 11.9 Å². The highest BCUT2D eigenvalue weighted by Gasteiger charge is 2.65. The van der Waals surface area contributed by atoms with Crippen molar-refractivity contribution in [3.05, 3.63) is 35.9 Å². The summed E-state index contributed by atoms with van der Waals surface area (Å²) in [6.45, 7) is 5.60. The van der Waals surface area contributed by atoms with E-state index < -0.39 is 23.2 Å². The lowest BCUT2D eigenvalue weighted by Crippen LogP contribution is -2.36. The summed E-state index contributed by atoms with van der Waals surface area (Å²) in [7, 11) is 0. The average molecular weight is 275 g/mol. The maximum absolute atomic E-state index is 12.2. The molecule has 0 aliphatic heterocycles. The van der Waals surface area contributed by atoms with Crippen LogP contribution in [0.1, 0.15) is 26.3 Å². The van der Waals surface area contributed by atoms with Gasteiger partial charge in [0, 0.05) is 6.04 Å². The molecular weight excluding hydrogens is 254 g/mol. The molecule has 0 radical (unpaired) electrons. The van der Waals surface area contributed by atoms with Gasteiger partial charge in [-0.3, -0.25) is 9.59 Å². The lowest BCUT2D eigenvalue weighted by atomic mass is 10.1. The average Bonchev–Trinajstić information content (AvgIpc) is 2.93. The summed E-state index contributed by atoms with van der Waals surface area (Å²) in [6.07, 6.45) is 0.747. The van der Waals surface area contributed by atoms with Gasteiger partial charge in [-0.2, -0.15) is 0 Å². The number of rotatable bonds is 5. The third-order valence-electron chi connectivity index (χ3n) is 4.15. The molecule has 108 valence electrons. The first-order valence-corrected chi connectivity index (χ1v) is 6.91. The summed E-state index contributed by atoms with van der Waals surface area (Å²) in [5, 5.41) is 12.0. The molecule has 20 heavy (non-hydrogen) atoms. The number of nitrogens with one attached hydrogen (secondary N) is 1. The van der Waals surface area contributed by atoms with Crippen molar-refractivity contribution in [2.45, 2.75) is 33.2 Å². The smallest absolute Gasteiger partial charge is 0.307 e. The lowest BCUT2D eigenvalue weighted by molar-refractivity contribution is -0.140. The van der Waals surface area contributed by atoms with Crippen LogP contribution in [0.15, 0.2) is 30.3 Å². The highest BCUT2D eigenvalue weighted by Crippen LogP contribution is 2.58. The molecule has 1 amide bonds. The van der Waals surface area contributed by atoms with Crippen LogP contribution < -0.4 is 5.32 Å². The summed E-state index contributed by atoms with van der Waals surface area (Å²) in [6, 6.07) is 9.92. The van der Waals surface area contributed by atoms with Crippen LogP contribution >= 0.6 is 0 Å². The summed E-state index contributed by atoms with van der Waals surface area (Å²) in [5.74, 6) is -2.01. The molecule has 1 fully saturated rings. The maximum Gasteiger partial charge on any atom is 0.307 e. The monoisotopic (exact) mass is 275 g/mol. The number of aliphatic carboxylic acids is 1. The first kappa shape index (κ1) is 14.6. The Hall–Kier alpha value is -1.84. The van der Waals surface area contributed by atoms with E-state index >= 15 is 0 Å². The molecule has 1 saturated carbocycles. The third-order valence-corrected chi connectivity index (χ3v) is 4.15. The Morgan fingerprint density at radius 3 is 2.35 bits per heavy atom. The van der Waals surface area contributed by atoms with E-state index in [2.05, 4.69) is 5.32 Å². The standard InChI is InChI=1S/C16H21NO3/c1-10(9-11-7-5-4-6-8-11)17-14(18)12-13(15(19)20)16(12,2)3/h4-8,10,12-13H,9H2,1-3H3,(H,17,18)(H,19,20)/t10?,12-,13+/m1/s1. The highest BCUT2D eigenvalue weighted by atomic mass is 16.4. The van der Waals surface area contributed by atoms with Gasteiger partial charge in [0.15, 0.2) is 0 Å². The Morgan fingerprint density at radius 1 is 1.25 bits per heavy atom. The molecule has 1 aromatic rings. The zero-order valence-corrected chi connectivity index (χ0v) is 12.1. The largest absolute Gasteiger partial charge is 0.481 e. The van der Waals surface area contributed by atoms with Gasteiger partial charge in [0.25, 0.3) is 0 Å². The molecule has 2 N–H and O–H groups in total. The van der Waals surface area contributed by atoms with E-state index in [0.29, 0.717) is 0 Å². The Balaban J connectivity index is 1.91. The fourth-order valence-corrected chi connectivity index (χ4v) is 2.94. The van der Waals surface area contributed by atoms with Crippen molar-refractivity contribution in [2.24, 2.45) is 17.3 Å². The summed E-state index contributed by atoms with van der Waals surface area (Å²) >= 11 is 0. The lowest BCUT2D eigenvalue weighted by Gasteiger charge is -2.14. The van der Waals surface area contributed by atoms with Crippen LogP contribution in [0.3, 0.4) is 0 Å². The number of amides is 1. The molecule has 4 heteroatoms. The number of hydrogen-bond donors (Lipinski definition) is 2. The molecule has 0 aromatic heterocycles. The highest BCUT2D eigenvalue weighted by molar-refractivity contribution is 5.91. The van der Waals surface area contributed by atoms with E-state index in [9.17, 15) is 9.59 Å². The van der Waals surface area contributed by atoms with Crippen molar-refractivity contribution in [2.75, 3.05) is 0 Å². The van der Waals surface area contributed by atoms with E-state index in [1.165, 1.54) is 0 Å². The minimum Gasteiger partial charge on any atom is -0.481 e. The minimum absolute atomic E-state index is 0.00394. The van der Waals surface area contributed by atoms with Gasteiger partial charge in [-0.1, -0.05) is 44.2 Å². The SMILES string of the molecule is CC(Cc1ccccc1)NC(=O)[C@H]1[C@@H](C(=O)O)C1(C)C. The van der Waals surface area contributed by atoms with E-state index in [1.807, 2.05) is 51.1 Å². The van der Waals surface area contributed by atoms with Gasteiger partial charge in [-0.15, -0.1) is 0 Å². The molecule has 3 atom stereocenters. The van der Waals surface area contributed by atoms with Crippen molar-refractivity contribution in [1.82, 2.24) is 5.32 Å². The molecule has 1 aliphatic rings. The molecular formula is C16H21NO3. The molecule has 1 aromatic carbocycles. The Bertz CT molecular complexity index is 510. The van der Waals surface area contributed by atoms with E-state index in [1.54, 1.807) is 0 Å².